The molecule has 1 fully saturated rings. The second-order valence-electron chi connectivity index (χ2n) is 10.5. The lowest BCUT2D eigenvalue weighted by molar-refractivity contribution is -0.396. The number of benzene rings is 2. The van der Waals surface area contributed by atoms with Crippen LogP contribution in [0.3, 0.4) is 0 Å². The van der Waals surface area contributed by atoms with E-state index in [1.54, 1.807) is 23.7 Å². The maximum Gasteiger partial charge on any atom is 0.434 e. The van der Waals surface area contributed by atoms with Crippen LogP contribution in [0.2, 0.25) is 0 Å². The quantitative estimate of drug-likeness (QED) is 0.0652. The Bertz CT molecular complexity index is 1950. The van der Waals surface area contributed by atoms with Gasteiger partial charge >= 0.3 is 5.95 Å². The van der Waals surface area contributed by atoms with E-state index in [0.29, 0.717) is 60.0 Å². The molecule has 0 saturated carbocycles. The van der Waals surface area contributed by atoms with Gasteiger partial charge in [-0.1, -0.05) is 10.9 Å². The number of imidazole rings is 1. The molecule has 0 amide bonds. The van der Waals surface area contributed by atoms with Crippen molar-refractivity contribution in [3.63, 3.8) is 0 Å². The van der Waals surface area contributed by atoms with Crippen LogP contribution in [0.25, 0.3) is 10.9 Å². The van der Waals surface area contributed by atoms with E-state index < -0.39 is 18.2 Å². The molecule has 2 aromatic heterocycles. The lowest BCUT2D eigenvalue weighted by Gasteiger charge is -2.33. The fourth-order valence-corrected chi connectivity index (χ4v) is 7.51. The van der Waals surface area contributed by atoms with Crippen LogP contribution in [0.4, 0.5) is 5.95 Å². The Morgan fingerprint density at radius 2 is 1.73 bits per heavy atom. The molecular weight excluding hydrogens is 647 g/mol. The van der Waals surface area contributed by atoms with Gasteiger partial charge in [0.2, 0.25) is 11.5 Å². The summed E-state index contributed by atoms with van der Waals surface area (Å²) < 4.78 is 53.0. The van der Waals surface area contributed by atoms with Gasteiger partial charge in [-0.05, 0) is 36.1 Å². The molecule has 1 aliphatic rings. The molecule has 0 aliphatic carbocycles. The summed E-state index contributed by atoms with van der Waals surface area (Å²) in [4.78, 5) is 28.8. The third-order valence-corrected chi connectivity index (χ3v) is 10.3. The zero-order valence-electron chi connectivity index (χ0n) is 27.3. The van der Waals surface area contributed by atoms with Crippen LogP contribution >= 0.6 is 7.52 Å². The van der Waals surface area contributed by atoms with E-state index in [1.165, 1.54) is 63.1 Å². The summed E-state index contributed by atoms with van der Waals surface area (Å²) in [6.45, 7) is 2.64. The predicted molar refractivity (Wildman–Crippen MR) is 173 cm³/mol. The van der Waals surface area contributed by atoms with E-state index in [2.05, 4.69) is 16.8 Å². The fourth-order valence-electron chi connectivity index (χ4n) is 5.44. The number of fused-ring (bicyclic) bond motifs is 1. The highest BCUT2D eigenvalue weighted by molar-refractivity contribution is 7.55. The van der Waals surface area contributed by atoms with Gasteiger partial charge < -0.3 is 38.3 Å². The Morgan fingerprint density at radius 1 is 1.06 bits per heavy atom. The zero-order valence-corrected chi connectivity index (χ0v) is 28.2. The molecule has 0 N–H and O–H groups in total. The van der Waals surface area contributed by atoms with Crippen LogP contribution in [0.15, 0.2) is 30.5 Å². The smallest absolute Gasteiger partial charge is 0.434 e. The second kappa shape index (κ2) is 14.4. The van der Waals surface area contributed by atoms with Crippen LogP contribution in [0.1, 0.15) is 34.2 Å². The summed E-state index contributed by atoms with van der Waals surface area (Å²) in [5, 5.41) is 16.5. The molecule has 0 spiro atoms. The van der Waals surface area contributed by atoms with Crippen molar-refractivity contribution in [3.05, 3.63) is 63.1 Å². The highest BCUT2D eigenvalue weighted by atomic mass is 31.2. The summed E-state index contributed by atoms with van der Waals surface area (Å²) in [6.07, 6.45) is 1.01. The normalized spacial score (nSPS) is 14.5. The lowest BCUT2D eigenvalue weighted by atomic mass is 10.0. The Morgan fingerprint density at radius 3 is 2.29 bits per heavy atom. The highest BCUT2D eigenvalue weighted by Gasteiger charge is 2.37. The van der Waals surface area contributed by atoms with Crippen molar-refractivity contribution in [2.45, 2.75) is 19.8 Å². The van der Waals surface area contributed by atoms with E-state index in [-0.39, 0.29) is 41.6 Å². The Balaban J connectivity index is 1.66. The lowest BCUT2D eigenvalue weighted by Crippen LogP contribution is -2.35. The van der Waals surface area contributed by atoms with Crippen molar-refractivity contribution in [1.82, 2.24) is 24.0 Å². The molecule has 16 nitrogen and oxygen atoms in total. The minimum Gasteiger partial charge on any atom is -0.495 e. The number of ketones is 1. The molecule has 17 heteroatoms. The average molecular weight is 683 g/mol. The van der Waals surface area contributed by atoms with E-state index in [0.717, 1.165) is 0 Å². The van der Waals surface area contributed by atoms with E-state index in [9.17, 15) is 19.5 Å². The molecule has 0 bridgehead atoms. The number of morpholine rings is 1. The van der Waals surface area contributed by atoms with Gasteiger partial charge in [-0.15, -0.1) is 5.92 Å². The summed E-state index contributed by atoms with van der Waals surface area (Å²) in [6, 6.07) is 6.44. The zero-order chi connectivity index (χ0) is 34.6. The molecule has 3 heterocycles. The number of methoxy groups -OCH3 is 4. The molecule has 1 aliphatic heterocycles. The molecule has 5 rings (SSSR count). The monoisotopic (exact) mass is 682 g/mol. The number of hydrogen-bond acceptors (Lipinski definition) is 12. The van der Waals surface area contributed by atoms with Crippen molar-refractivity contribution in [2.24, 2.45) is 7.05 Å². The maximum absolute atomic E-state index is 14.9. The SMILES string of the molecule is CC#Cc1c(OC)ccc2c(C(=O)c3cc(OC)c(OC)c(OC)c3)nn(CP(=O)(OCc3cnc([N+](=O)[O-])n3C)N3CCOCC3)c12. The molecule has 48 heavy (non-hydrogen) atoms. The first-order valence-corrected chi connectivity index (χ1v) is 16.4. The summed E-state index contributed by atoms with van der Waals surface area (Å²) >= 11 is 0. The topological polar surface area (TPSA) is 172 Å². The van der Waals surface area contributed by atoms with Gasteiger partial charge in [0, 0.05) is 24.0 Å². The standard InChI is InChI=1S/C31H35N6O10P/c1-7-8-22-24(42-3)10-9-23-27(29(38)20-15-25(43-4)30(45-6)26(16-20)44-5)33-36(28(22)23)19-48(41,35-11-13-46-14-12-35)47-18-21-17-32-31(34(21)2)37(39)40/h9-10,15-17H,11-14,18-19H2,1-6H3. The number of carbonyl (C=O) groups is 1. The third kappa shape index (κ3) is 6.45. The van der Waals surface area contributed by atoms with Crippen molar-refractivity contribution >= 4 is 30.2 Å². The van der Waals surface area contributed by atoms with E-state index >= 15 is 0 Å². The number of aromatic nitrogens is 4. The van der Waals surface area contributed by atoms with Crippen LogP contribution in [-0.2, 0) is 33.8 Å². The van der Waals surface area contributed by atoms with Gasteiger partial charge in [0.1, 0.15) is 36.2 Å². The number of carbonyl (C=O) groups excluding carboxylic acids is 1. The largest absolute Gasteiger partial charge is 0.495 e. The number of ether oxygens (including phenoxy) is 5. The molecule has 1 unspecified atom stereocenters. The number of rotatable bonds is 13. The van der Waals surface area contributed by atoms with Crippen molar-refractivity contribution < 1.29 is 42.5 Å². The minimum atomic E-state index is -3.82. The molecule has 1 saturated heterocycles. The maximum atomic E-state index is 14.9. The first kappa shape index (κ1) is 34.4. The molecule has 1 atom stereocenters. The van der Waals surface area contributed by atoms with Gasteiger partial charge in [-0.3, -0.25) is 14.0 Å². The van der Waals surface area contributed by atoms with Gasteiger partial charge in [0.05, 0.1) is 59.8 Å². The first-order chi connectivity index (χ1) is 23.1. The van der Waals surface area contributed by atoms with Crippen molar-refractivity contribution in [1.29, 1.82) is 0 Å². The number of nitro groups is 1. The van der Waals surface area contributed by atoms with Gasteiger partial charge in [-0.2, -0.15) is 5.10 Å². The van der Waals surface area contributed by atoms with Gasteiger partial charge in [0.15, 0.2) is 11.5 Å². The van der Waals surface area contributed by atoms with Crippen LogP contribution in [0.5, 0.6) is 23.0 Å². The van der Waals surface area contributed by atoms with Crippen LogP contribution in [0, 0.1) is 22.0 Å². The molecule has 4 aromatic rings. The molecule has 2 aromatic carbocycles. The Kier molecular flexibility index (Phi) is 10.4. The highest BCUT2D eigenvalue weighted by Crippen LogP contribution is 2.54. The van der Waals surface area contributed by atoms with Crippen LogP contribution in [-0.4, -0.2) is 89.5 Å². The Hall–Kier alpha value is -4.94. The minimum absolute atomic E-state index is 0.0527. The van der Waals surface area contributed by atoms with E-state index in [1.807, 2.05) is 0 Å². The Labute approximate surface area is 276 Å². The molecule has 0 radical (unpaired) electrons. The molecular formula is C31H35N6O10P. The van der Waals surface area contributed by atoms with Gasteiger partial charge in [-0.25, -0.2) is 9.24 Å². The van der Waals surface area contributed by atoms with Gasteiger partial charge in [0.25, 0.3) is 7.52 Å². The summed E-state index contributed by atoms with van der Waals surface area (Å²) in [7, 11) is 3.52. The third-order valence-electron chi connectivity index (χ3n) is 7.85. The summed E-state index contributed by atoms with van der Waals surface area (Å²) in [5.74, 6) is 6.40. The van der Waals surface area contributed by atoms with E-state index in [4.69, 9.17) is 33.3 Å². The molecule has 254 valence electrons. The van der Waals surface area contributed by atoms with Crippen LogP contribution < -0.4 is 18.9 Å². The summed E-state index contributed by atoms with van der Waals surface area (Å²) in [5.41, 5.74) is 1.45. The number of hydrogen-bond donors (Lipinski definition) is 0. The second-order valence-corrected chi connectivity index (χ2v) is 12.9. The fraction of sp³-hybridized carbons (Fsp3) is 0.387. The predicted octanol–water partition coefficient (Wildman–Crippen LogP) is 4.01. The average Bonchev–Trinajstić information content (AvgIpc) is 3.66. The van der Waals surface area contributed by atoms with Crippen molar-refractivity contribution in [2.75, 3.05) is 54.7 Å². The number of nitrogens with zero attached hydrogens (tertiary/aromatic N) is 6. The first-order valence-electron chi connectivity index (χ1n) is 14.7. The van der Waals surface area contributed by atoms with Crippen molar-refractivity contribution in [3.8, 4) is 34.8 Å².